The van der Waals surface area contributed by atoms with E-state index in [-0.39, 0.29) is 23.2 Å². The second-order valence-electron chi connectivity index (χ2n) is 6.52. The molecule has 0 radical (unpaired) electrons. The molecule has 0 amide bonds. The van der Waals surface area contributed by atoms with E-state index in [2.05, 4.69) is 45.0 Å². The van der Waals surface area contributed by atoms with Crippen LogP contribution >= 0.6 is 12.4 Å². The summed E-state index contributed by atoms with van der Waals surface area (Å²) in [6, 6.07) is 9.17. The Morgan fingerprint density at radius 1 is 1.06 bits per heavy atom. The third-order valence-electron chi connectivity index (χ3n) is 4.31. The standard InChI is InChI=1S/C16H25N.ClH/c1-15(2,3)13-6-8-14(9-7-13)16(12-17)10-4-5-11-16;/h6-9H,4-5,10-12,17H2,1-3H3;1H. The molecule has 1 fully saturated rings. The van der Waals surface area contributed by atoms with Crippen molar-refractivity contribution in [2.75, 3.05) is 6.54 Å². The predicted molar refractivity (Wildman–Crippen MR) is 81.6 cm³/mol. The van der Waals surface area contributed by atoms with Crippen molar-refractivity contribution in [2.24, 2.45) is 5.73 Å². The summed E-state index contributed by atoms with van der Waals surface area (Å²) in [6.45, 7) is 7.57. The summed E-state index contributed by atoms with van der Waals surface area (Å²) in [5, 5.41) is 0. The average Bonchev–Trinajstić information content (AvgIpc) is 2.78. The van der Waals surface area contributed by atoms with Crippen LogP contribution in [0.1, 0.15) is 57.6 Å². The van der Waals surface area contributed by atoms with Crippen molar-refractivity contribution in [3.8, 4) is 0 Å². The summed E-state index contributed by atoms with van der Waals surface area (Å²) in [5.41, 5.74) is 9.40. The second-order valence-corrected chi connectivity index (χ2v) is 6.52. The fourth-order valence-corrected chi connectivity index (χ4v) is 2.99. The van der Waals surface area contributed by atoms with E-state index in [0.29, 0.717) is 0 Å². The zero-order valence-electron chi connectivity index (χ0n) is 11.8. The number of halogens is 1. The average molecular weight is 268 g/mol. The Kier molecular flexibility index (Phi) is 4.85. The smallest absolute Gasteiger partial charge is 0.00755 e. The number of hydrogen-bond donors (Lipinski definition) is 1. The van der Waals surface area contributed by atoms with Gasteiger partial charge in [0.1, 0.15) is 0 Å². The van der Waals surface area contributed by atoms with E-state index in [1.807, 2.05) is 0 Å². The van der Waals surface area contributed by atoms with Crippen molar-refractivity contribution in [1.82, 2.24) is 0 Å². The summed E-state index contributed by atoms with van der Waals surface area (Å²) in [5.74, 6) is 0. The van der Waals surface area contributed by atoms with E-state index >= 15 is 0 Å². The van der Waals surface area contributed by atoms with E-state index in [0.717, 1.165) is 6.54 Å². The molecule has 1 aliphatic rings. The molecule has 2 N–H and O–H groups in total. The van der Waals surface area contributed by atoms with Crippen LogP contribution in [0, 0.1) is 0 Å². The van der Waals surface area contributed by atoms with Crippen LogP contribution in [-0.4, -0.2) is 6.54 Å². The first-order chi connectivity index (χ1) is 7.98. The van der Waals surface area contributed by atoms with Crippen molar-refractivity contribution in [1.29, 1.82) is 0 Å². The molecule has 1 aromatic carbocycles. The highest BCUT2D eigenvalue weighted by atomic mass is 35.5. The van der Waals surface area contributed by atoms with E-state index < -0.39 is 0 Å². The molecular formula is C16H26ClN. The summed E-state index contributed by atoms with van der Waals surface area (Å²) < 4.78 is 0. The quantitative estimate of drug-likeness (QED) is 0.855. The molecule has 0 unspecified atom stereocenters. The summed E-state index contributed by atoms with van der Waals surface area (Å²) in [4.78, 5) is 0. The minimum absolute atomic E-state index is 0. The second kappa shape index (κ2) is 5.63. The lowest BCUT2D eigenvalue weighted by atomic mass is 9.77. The first-order valence-corrected chi connectivity index (χ1v) is 6.79. The van der Waals surface area contributed by atoms with Gasteiger partial charge in [0.2, 0.25) is 0 Å². The molecule has 0 bridgehead atoms. The number of hydrogen-bond acceptors (Lipinski definition) is 1. The Bertz CT molecular complexity index is 369. The number of nitrogens with two attached hydrogens (primary N) is 1. The van der Waals surface area contributed by atoms with Gasteiger partial charge >= 0.3 is 0 Å². The van der Waals surface area contributed by atoms with Crippen molar-refractivity contribution >= 4 is 12.4 Å². The first kappa shape index (κ1) is 15.5. The molecule has 0 atom stereocenters. The molecule has 0 spiro atoms. The maximum absolute atomic E-state index is 6.02. The Balaban J connectivity index is 0.00000162. The maximum Gasteiger partial charge on any atom is 0.00755 e. The van der Waals surface area contributed by atoms with Crippen LogP contribution in [0.3, 0.4) is 0 Å². The lowest BCUT2D eigenvalue weighted by Crippen LogP contribution is -2.32. The summed E-state index contributed by atoms with van der Waals surface area (Å²) >= 11 is 0. The highest BCUT2D eigenvalue weighted by molar-refractivity contribution is 5.85. The topological polar surface area (TPSA) is 26.0 Å². The van der Waals surface area contributed by atoms with Gasteiger partial charge in [-0.3, -0.25) is 0 Å². The van der Waals surface area contributed by atoms with E-state index in [1.54, 1.807) is 0 Å². The van der Waals surface area contributed by atoms with Gasteiger partial charge in [0.25, 0.3) is 0 Å². The van der Waals surface area contributed by atoms with Crippen molar-refractivity contribution in [2.45, 2.75) is 57.3 Å². The van der Waals surface area contributed by atoms with Gasteiger partial charge in [-0.1, -0.05) is 57.9 Å². The van der Waals surface area contributed by atoms with Gasteiger partial charge in [-0.15, -0.1) is 12.4 Å². The molecule has 2 heteroatoms. The summed E-state index contributed by atoms with van der Waals surface area (Å²) in [6.07, 6.45) is 5.19. The van der Waals surface area contributed by atoms with Gasteiger partial charge in [-0.2, -0.15) is 0 Å². The molecule has 102 valence electrons. The van der Waals surface area contributed by atoms with Gasteiger partial charge in [-0.05, 0) is 29.4 Å². The lowest BCUT2D eigenvalue weighted by molar-refractivity contribution is 0.452. The van der Waals surface area contributed by atoms with E-state index in [4.69, 9.17) is 5.73 Å². The molecule has 18 heavy (non-hydrogen) atoms. The highest BCUT2D eigenvalue weighted by Crippen LogP contribution is 2.40. The number of rotatable bonds is 2. The molecule has 0 heterocycles. The van der Waals surface area contributed by atoms with Gasteiger partial charge < -0.3 is 5.73 Å². The van der Waals surface area contributed by atoms with Crippen molar-refractivity contribution in [3.63, 3.8) is 0 Å². The normalized spacial score (nSPS) is 18.4. The Morgan fingerprint density at radius 2 is 1.56 bits per heavy atom. The van der Waals surface area contributed by atoms with Gasteiger partial charge in [-0.25, -0.2) is 0 Å². The molecule has 0 saturated heterocycles. The van der Waals surface area contributed by atoms with Crippen molar-refractivity contribution < 1.29 is 0 Å². The number of benzene rings is 1. The SMILES string of the molecule is CC(C)(C)c1ccc(C2(CN)CCCC2)cc1.Cl. The van der Waals surface area contributed by atoms with E-state index in [9.17, 15) is 0 Å². The van der Waals surface area contributed by atoms with Crippen molar-refractivity contribution in [3.05, 3.63) is 35.4 Å². The first-order valence-electron chi connectivity index (χ1n) is 6.79. The highest BCUT2D eigenvalue weighted by Gasteiger charge is 2.34. The van der Waals surface area contributed by atoms with Crippen LogP contribution in [0.25, 0.3) is 0 Å². The Labute approximate surface area is 118 Å². The monoisotopic (exact) mass is 267 g/mol. The Morgan fingerprint density at radius 3 is 1.94 bits per heavy atom. The van der Waals surface area contributed by atoms with Crippen LogP contribution in [0.2, 0.25) is 0 Å². The van der Waals surface area contributed by atoms with Crippen LogP contribution in [0.4, 0.5) is 0 Å². The maximum atomic E-state index is 6.02. The minimum Gasteiger partial charge on any atom is -0.330 e. The van der Waals surface area contributed by atoms with Crippen LogP contribution < -0.4 is 5.73 Å². The zero-order chi connectivity index (χ0) is 12.5. The molecule has 0 aliphatic heterocycles. The van der Waals surface area contributed by atoms with E-state index in [1.165, 1.54) is 36.8 Å². The minimum atomic E-state index is 0. The molecule has 0 aromatic heterocycles. The van der Waals surface area contributed by atoms with Gasteiger partial charge in [0.15, 0.2) is 0 Å². The van der Waals surface area contributed by atoms with Crippen LogP contribution in [-0.2, 0) is 10.8 Å². The van der Waals surface area contributed by atoms with Crippen LogP contribution in [0.5, 0.6) is 0 Å². The van der Waals surface area contributed by atoms with Gasteiger partial charge in [0.05, 0.1) is 0 Å². The third-order valence-corrected chi connectivity index (χ3v) is 4.31. The Hall–Kier alpha value is -0.530. The molecule has 1 nitrogen and oxygen atoms in total. The molecule has 1 aliphatic carbocycles. The predicted octanol–water partition coefficient (Wildman–Crippen LogP) is 4.18. The molecular weight excluding hydrogens is 242 g/mol. The largest absolute Gasteiger partial charge is 0.330 e. The fourth-order valence-electron chi connectivity index (χ4n) is 2.99. The summed E-state index contributed by atoms with van der Waals surface area (Å²) in [7, 11) is 0. The fraction of sp³-hybridized carbons (Fsp3) is 0.625. The van der Waals surface area contributed by atoms with Crippen LogP contribution in [0.15, 0.2) is 24.3 Å². The molecule has 2 rings (SSSR count). The molecule has 1 saturated carbocycles. The van der Waals surface area contributed by atoms with Gasteiger partial charge in [0, 0.05) is 12.0 Å². The lowest BCUT2D eigenvalue weighted by Gasteiger charge is -2.29. The third kappa shape index (κ3) is 2.89. The molecule has 1 aromatic rings. The zero-order valence-corrected chi connectivity index (χ0v) is 12.6.